The fourth-order valence-corrected chi connectivity index (χ4v) is 3.17. The molecule has 3 aromatic rings. The first-order chi connectivity index (χ1) is 14.7. The van der Waals surface area contributed by atoms with E-state index in [4.69, 9.17) is 9.47 Å². The van der Waals surface area contributed by atoms with Crippen LogP contribution < -0.4 is 14.8 Å². The lowest BCUT2D eigenvalue weighted by atomic mass is 10.1. The van der Waals surface area contributed by atoms with Crippen LogP contribution in [0.1, 0.15) is 37.8 Å². The van der Waals surface area contributed by atoms with Gasteiger partial charge in [-0.05, 0) is 60.6 Å². The van der Waals surface area contributed by atoms with Crippen molar-refractivity contribution >= 4 is 5.69 Å². The van der Waals surface area contributed by atoms with Gasteiger partial charge in [-0.3, -0.25) is 0 Å². The molecule has 0 aliphatic rings. The van der Waals surface area contributed by atoms with Crippen molar-refractivity contribution < 1.29 is 9.47 Å². The van der Waals surface area contributed by atoms with Crippen molar-refractivity contribution in [1.82, 2.24) is 0 Å². The maximum atomic E-state index is 5.94. The first-order valence-corrected chi connectivity index (χ1v) is 10.9. The molecule has 3 aromatic carbocycles. The van der Waals surface area contributed by atoms with Crippen LogP contribution in [-0.2, 0) is 13.0 Å². The molecule has 0 heterocycles. The van der Waals surface area contributed by atoms with Gasteiger partial charge >= 0.3 is 0 Å². The summed E-state index contributed by atoms with van der Waals surface area (Å²) < 4.78 is 11.8. The summed E-state index contributed by atoms with van der Waals surface area (Å²) in [4.78, 5) is 0. The molecule has 0 spiro atoms. The highest BCUT2D eigenvalue weighted by Gasteiger charge is 2.01. The standard InChI is InChI=1S/C27H33NO2/c1-22(2)16-18-30-26-14-6-11-24(19-26)21-28-25-13-7-15-27(20-25)29-17-8-12-23-9-4-3-5-10-23/h3-7,9-11,13-15,19-20,22,28H,8,12,16-18,21H2,1-2H3. The maximum Gasteiger partial charge on any atom is 0.121 e. The molecular formula is C27H33NO2. The minimum Gasteiger partial charge on any atom is -0.494 e. The fraction of sp³-hybridized carbons (Fsp3) is 0.333. The minimum absolute atomic E-state index is 0.655. The summed E-state index contributed by atoms with van der Waals surface area (Å²) in [5.41, 5.74) is 3.61. The van der Waals surface area contributed by atoms with Gasteiger partial charge in [0, 0.05) is 18.3 Å². The van der Waals surface area contributed by atoms with Crippen LogP contribution in [0.15, 0.2) is 78.9 Å². The number of anilines is 1. The minimum atomic E-state index is 0.655. The Bertz CT molecular complexity index is 877. The van der Waals surface area contributed by atoms with Crippen LogP contribution in [0.3, 0.4) is 0 Å². The van der Waals surface area contributed by atoms with Crippen LogP contribution >= 0.6 is 0 Å². The average Bonchev–Trinajstić information content (AvgIpc) is 2.76. The smallest absolute Gasteiger partial charge is 0.121 e. The second-order valence-corrected chi connectivity index (χ2v) is 8.00. The van der Waals surface area contributed by atoms with Gasteiger partial charge in [0.25, 0.3) is 0 Å². The summed E-state index contributed by atoms with van der Waals surface area (Å²) in [7, 11) is 0. The molecule has 0 aromatic heterocycles. The Morgan fingerprint density at radius 2 is 1.43 bits per heavy atom. The molecule has 0 saturated heterocycles. The van der Waals surface area contributed by atoms with E-state index in [1.807, 2.05) is 24.3 Å². The van der Waals surface area contributed by atoms with Gasteiger partial charge in [0.1, 0.15) is 11.5 Å². The van der Waals surface area contributed by atoms with Crippen LogP contribution in [0.4, 0.5) is 5.69 Å². The molecular weight excluding hydrogens is 370 g/mol. The number of aryl methyl sites for hydroxylation is 1. The molecule has 3 rings (SSSR count). The van der Waals surface area contributed by atoms with Crippen molar-refractivity contribution in [2.24, 2.45) is 5.92 Å². The van der Waals surface area contributed by atoms with E-state index in [0.717, 1.165) is 49.6 Å². The summed E-state index contributed by atoms with van der Waals surface area (Å²) in [6.45, 7) is 6.65. The molecule has 0 radical (unpaired) electrons. The summed E-state index contributed by atoms with van der Waals surface area (Å²) in [5.74, 6) is 2.49. The summed E-state index contributed by atoms with van der Waals surface area (Å²) >= 11 is 0. The first-order valence-electron chi connectivity index (χ1n) is 10.9. The maximum absolute atomic E-state index is 5.94. The van der Waals surface area contributed by atoms with Gasteiger partial charge in [0.15, 0.2) is 0 Å². The number of rotatable bonds is 12. The molecule has 30 heavy (non-hydrogen) atoms. The molecule has 3 nitrogen and oxygen atoms in total. The van der Waals surface area contributed by atoms with Crippen molar-refractivity contribution in [2.75, 3.05) is 18.5 Å². The zero-order chi connectivity index (χ0) is 21.0. The first kappa shape index (κ1) is 21.8. The largest absolute Gasteiger partial charge is 0.494 e. The highest BCUT2D eigenvalue weighted by Crippen LogP contribution is 2.20. The fourth-order valence-electron chi connectivity index (χ4n) is 3.17. The molecule has 1 N–H and O–H groups in total. The van der Waals surface area contributed by atoms with E-state index < -0.39 is 0 Å². The van der Waals surface area contributed by atoms with E-state index in [0.29, 0.717) is 12.5 Å². The molecule has 0 fully saturated rings. The zero-order valence-corrected chi connectivity index (χ0v) is 18.1. The van der Waals surface area contributed by atoms with Crippen LogP contribution in [0.5, 0.6) is 11.5 Å². The molecule has 158 valence electrons. The Kier molecular flexibility index (Phi) is 8.64. The molecule has 0 aliphatic carbocycles. The lowest BCUT2D eigenvalue weighted by Gasteiger charge is -2.12. The predicted octanol–water partition coefficient (Wildman–Crippen LogP) is 6.74. The Labute approximate surface area is 181 Å². The van der Waals surface area contributed by atoms with E-state index in [1.54, 1.807) is 0 Å². The highest BCUT2D eigenvalue weighted by molar-refractivity contribution is 5.48. The van der Waals surface area contributed by atoms with Crippen LogP contribution in [0.2, 0.25) is 0 Å². The van der Waals surface area contributed by atoms with Crippen molar-refractivity contribution in [3.63, 3.8) is 0 Å². The number of hydrogen-bond acceptors (Lipinski definition) is 3. The normalized spacial score (nSPS) is 10.8. The van der Waals surface area contributed by atoms with Gasteiger partial charge < -0.3 is 14.8 Å². The van der Waals surface area contributed by atoms with Gasteiger partial charge in [-0.1, -0.05) is 62.4 Å². The van der Waals surface area contributed by atoms with Gasteiger partial charge in [-0.15, -0.1) is 0 Å². The quantitative estimate of drug-likeness (QED) is 0.340. The summed E-state index contributed by atoms with van der Waals surface area (Å²) in [5, 5.41) is 3.48. The van der Waals surface area contributed by atoms with E-state index in [2.05, 4.69) is 73.8 Å². The van der Waals surface area contributed by atoms with Crippen molar-refractivity contribution in [3.05, 3.63) is 90.0 Å². The van der Waals surface area contributed by atoms with Gasteiger partial charge in [-0.25, -0.2) is 0 Å². The Morgan fingerprint density at radius 1 is 0.733 bits per heavy atom. The molecule has 0 bridgehead atoms. The molecule has 0 saturated carbocycles. The van der Waals surface area contributed by atoms with Gasteiger partial charge in [-0.2, -0.15) is 0 Å². The lowest BCUT2D eigenvalue weighted by Crippen LogP contribution is -2.03. The summed E-state index contributed by atoms with van der Waals surface area (Å²) in [6.07, 6.45) is 3.11. The second-order valence-electron chi connectivity index (χ2n) is 8.00. The van der Waals surface area contributed by atoms with E-state index in [-0.39, 0.29) is 0 Å². The van der Waals surface area contributed by atoms with Crippen molar-refractivity contribution in [3.8, 4) is 11.5 Å². The third kappa shape index (κ3) is 7.82. The Hall–Kier alpha value is -2.94. The van der Waals surface area contributed by atoms with Gasteiger partial charge in [0.2, 0.25) is 0 Å². The zero-order valence-electron chi connectivity index (χ0n) is 18.1. The van der Waals surface area contributed by atoms with Crippen molar-refractivity contribution in [1.29, 1.82) is 0 Å². The van der Waals surface area contributed by atoms with Crippen molar-refractivity contribution in [2.45, 2.75) is 39.7 Å². The molecule has 0 unspecified atom stereocenters. The molecule has 0 aliphatic heterocycles. The monoisotopic (exact) mass is 403 g/mol. The third-order valence-electron chi connectivity index (χ3n) is 4.91. The number of hydrogen-bond donors (Lipinski definition) is 1. The predicted molar refractivity (Wildman–Crippen MR) is 125 cm³/mol. The number of benzene rings is 3. The number of nitrogens with one attached hydrogen (secondary N) is 1. The SMILES string of the molecule is CC(C)CCOc1cccc(CNc2cccc(OCCCc3ccccc3)c2)c1. The average molecular weight is 404 g/mol. The lowest BCUT2D eigenvalue weighted by molar-refractivity contribution is 0.289. The van der Waals surface area contributed by atoms with Crippen LogP contribution in [0, 0.1) is 5.92 Å². The van der Waals surface area contributed by atoms with E-state index in [1.165, 1.54) is 11.1 Å². The summed E-state index contributed by atoms with van der Waals surface area (Å²) in [6, 6.07) is 27.0. The third-order valence-corrected chi connectivity index (χ3v) is 4.91. The highest BCUT2D eigenvalue weighted by atomic mass is 16.5. The van der Waals surface area contributed by atoms with Crippen LogP contribution in [0.25, 0.3) is 0 Å². The Morgan fingerprint density at radius 3 is 2.23 bits per heavy atom. The van der Waals surface area contributed by atoms with Gasteiger partial charge in [0.05, 0.1) is 13.2 Å². The Balaban J connectivity index is 1.43. The molecule has 3 heteroatoms. The molecule has 0 amide bonds. The number of ether oxygens (including phenoxy) is 2. The molecule has 0 atom stereocenters. The van der Waals surface area contributed by atoms with E-state index in [9.17, 15) is 0 Å². The van der Waals surface area contributed by atoms with Crippen LogP contribution in [-0.4, -0.2) is 13.2 Å². The van der Waals surface area contributed by atoms with E-state index >= 15 is 0 Å². The second kappa shape index (κ2) is 11.9. The topological polar surface area (TPSA) is 30.5 Å².